The number of rotatable bonds is 9. The highest BCUT2D eigenvalue weighted by Gasteiger charge is 2.17. The summed E-state index contributed by atoms with van der Waals surface area (Å²) >= 11 is 0. The van der Waals surface area contributed by atoms with Crippen LogP contribution < -0.4 is 10.3 Å². The van der Waals surface area contributed by atoms with E-state index < -0.39 is 11.5 Å². The van der Waals surface area contributed by atoms with Crippen LogP contribution in [-0.4, -0.2) is 22.2 Å². The van der Waals surface area contributed by atoms with Gasteiger partial charge >= 0.3 is 5.97 Å². The van der Waals surface area contributed by atoms with Crippen LogP contribution in [0.2, 0.25) is 0 Å². The molecule has 0 aliphatic rings. The third-order valence-corrected chi connectivity index (χ3v) is 4.17. The second-order valence-corrected chi connectivity index (χ2v) is 6.17. The summed E-state index contributed by atoms with van der Waals surface area (Å²) in [7, 11) is 0. The van der Waals surface area contributed by atoms with Gasteiger partial charge in [-0.05, 0) is 17.2 Å². The molecular weight excluding hydrogens is 358 g/mol. The highest BCUT2D eigenvalue weighted by atomic mass is 16.5. The summed E-state index contributed by atoms with van der Waals surface area (Å²) in [6.45, 7) is 1.18. The molecular formula is C22H21NO5. The van der Waals surface area contributed by atoms with Gasteiger partial charge in [0.15, 0.2) is 5.75 Å². The molecule has 6 nitrogen and oxygen atoms in total. The molecule has 0 saturated heterocycles. The van der Waals surface area contributed by atoms with Crippen LogP contribution in [0, 0.1) is 0 Å². The molecule has 0 unspecified atom stereocenters. The Morgan fingerprint density at radius 3 is 2.11 bits per heavy atom. The van der Waals surface area contributed by atoms with Gasteiger partial charge in [0, 0.05) is 12.7 Å². The molecule has 1 N–H and O–H groups in total. The summed E-state index contributed by atoms with van der Waals surface area (Å²) in [6, 6.07) is 20.4. The minimum Gasteiger partial charge on any atom is -0.482 e. The zero-order chi connectivity index (χ0) is 19.8. The van der Waals surface area contributed by atoms with E-state index in [1.807, 2.05) is 60.7 Å². The maximum Gasteiger partial charge on any atom is 0.339 e. The summed E-state index contributed by atoms with van der Waals surface area (Å²) in [4.78, 5) is 24.2. The van der Waals surface area contributed by atoms with E-state index >= 15 is 0 Å². The Bertz CT molecular complexity index is 967. The quantitative estimate of drug-likeness (QED) is 0.577. The third-order valence-electron chi connectivity index (χ3n) is 4.17. The molecule has 2 aromatic carbocycles. The number of carboxylic acids is 1. The van der Waals surface area contributed by atoms with Crippen molar-refractivity contribution in [2.75, 3.05) is 6.61 Å². The Morgan fingerprint density at radius 1 is 0.893 bits per heavy atom. The molecule has 28 heavy (non-hydrogen) atoms. The fourth-order valence-electron chi connectivity index (χ4n) is 2.69. The number of carbonyl (C=O) groups is 1. The molecule has 6 heteroatoms. The van der Waals surface area contributed by atoms with E-state index in [0.29, 0.717) is 19.8 Å². The number of benzene rings is 2. The van der Waals surface area contributed by atoms with Crippen molar-refractivity contribution in [3.8, 4) is 5.75 Å². The zero-order valence-electron chi connectivity index (χ0n) is 15.3. The van der Waals surface area contributed by atoms with Gasteiger partial charge in [-0.3, -0.25) is 4.79 Å². The van der Waals surface area contributed by atoms with Crippen molar-refractivity contribution in [3.05, 3.63) is 100.0 Å². The van der Waals surface area contributed by atoms with Crippen LogP contribution in [0.4, 0.5) is 0 Å². The number of nitrogens with zero attached hydrogens (tertiary/aromatic N) is 1. The Balaban J connectivity index is 1.68. The van der Waals surface area contributed by atoms with E-state index in [1.54, 1.807) is 0 Å². The van der Waals surface area contributed by atoms with E-state index in [2.05, 4.69) is 0 Å². The fraction of sp³-hybridized carbons (Fsp3) is 0.182. The van der Waals surface area contributed by atoms with Gasteiger partial charge in [0.25, 0.3) is 5.56 Å². The standard InChI is InChI=1S/C22H21NO5/c24-21-20(28-16-18-9-5-2-6-10-18)19(22(25)26)11-12-23(21)13-14-27-15-17-7-3-1-4-8-17/h1-12H,13-16H2,(H,25,26). The monoisotopic (exact) mass is 379 g/mol. The van der Waals surface area contributed by atoms with E-state index in [0.717, 1.165) is 11.1 Å². The minimum absolute atomic E-state index is 0.116. The number of aromatic carboxylic acids is 1. The van der Waals surface area contributed by atoms with Crippen molar-refractivity contribution in [3.63, 3.8) is 0 Å². The molecule has 0 fully saturated rings. The van der Waals surface area contributed by atoms with Crippen molar-refractivity contribution >= 4 is 5.97 Å². The Morgan fingerprint density at radius 2 is 1.50 bits per heavy atom. The predicted molar refractivity (Wildman–Crippen MR) is 105 cm³/mol. The maximum absolute atomic E-state index is 12.7. The van der Waals surface area contributed by atoms with Crippen LogP contribution in [0.5, 0.6) is 5.75 Å². The van der Waals surface area contributed by atoms with Gasteiger partial charge in [0.1, 0.15) is 12.2 Å². The Kier molecular flexibility index (Phi) is 6.59. The van der Waals surface area contributed by atoms with E-state index in [-0.39, 0.29) is 17.9 Å². The van der Waals surface area contributed by atoms with Crippen molar-refractivity contribution in [2.45, 2.75) is 19.8 Å². The number of aromatic nitrogens is 1. The molecule has 0 spiro atoms. The minimum atomic E-state index is -1.20. The third kappa shape index (κ3) is 5.08. The highest BCUT2D eigenvalue weighted by molar-refractivity contribution is 5.90. The average Bonchev–Trinajstić information content (AvgIpc) is 2.72. The highest BCUT2D eigenvalue weighted by Crippen LogP contribution is 2.15. The molecule has 3 aromatic rings. The van der Waals surface area contributed by atoms with Crippen molar-refractivity contribution in [2.24, 2.45) is 0 Å². The van der Waals surface area contributed by atoms with Gasteiger partial charge < -0.3 is 19.1 Å². The lowest BCUT2D eigenvalue weighted by Gasteiger charge is -2.12. The second-order valence-electron chi connectivity index (χ2n) is 6.17. The summed E-state index contributed by atoms with van der Waals surface area (Å²) < 4.78 is 12.6. The van der Waals surface area contributed by atoms with E-state index in [9.17, 15) is 14.7 Å². The number of hydrogen-bond donors (Lipinski definition) is 1. The van der Waals surface area contributed by atoms with Crippen LogP contribution in [0.1, 0.15) is 21.5 Å². The molecule has 0 saturated carbocycles. The van der Waals surface area contributed by atoms with Crippen LogP contribution >= 0.6 is 0 Å². The second kappa shape index (κ2) is 9.53. The SMILES string of the molecule is O=C(O)c1ccn(CCOCc2ccccc2)c(=O)c1OCc1ccccc1. The first-order valence-corrected chi connectivity index (χ1v) is 8.90. The van der Waals surface area contributed by atoms with Crippen molar-refractivity contribution in [1.29, 1.82) is 0 Å². The first kappa shape index (κ1) is 19.4. The molecule has 3 rings (SSSR count). The van der Waals surface area contributed by atoms with Crippen molar-refractivity contribution in [1.82, 2.24) is 4.57 Å². The molecule has 0 atom stereocenters. The van der Waals surface area contributed by atoms with Gasteiger partial charge in [-0.15, -0.1) is 0 Å². The summed E-state index contributed by atoms with van der Waals surface area (Å²) in [5.74, 6) is -1.37. The summed E-state index contributed by atoms with van der Waals surface area (Å²) in [6.07, 6.45) is 1.45. The Labute approximate surface area is 162 Å². The number of carboxylic acid groups (broad SMARTS) is 1. The Hall–Kier alpha value is -3.38. The fourth-order valence-corrected chi connectivity index (χ4v) is 2.69. The number of hydrogen-bond acceptors (Lipinski definition) is 4. The maximum atomic E-state index is 12.7. The number of ether oxygens (including phenoxy) is 2. The zero-order valence-corrected chi connectivity index (χ0v) is 15.3. The van der Waals surface area contributed by atoms with Gasteiger partial charge in [-0.25, -0.2) is 4.79 Å². The van der Waals surface area contributed by atoms with Gasteiger partial charge in [-0.1, -0.05) is 60.7 Å². The van der Waals surface area contributed by atoms with Gasteiger partial charge in [0.2, 0.25) is 0 Å². The summed E-state index contributed by atoms with van der Waals surface area (Å²) in [5, 5.41) is 9.37. The van der Waals surface area contributed by atoms with E-state index in [1.165, 1.54) is 16.8 Å². The molecule has 1 heterocycles. The lowest BCUT2D eigenvalue weighted by atomic mass is 10.2. The summed E-state index contributed by atoms with van der Waals surface area (Å²) in [5.41, 5.74) is 1.25. The van der Waals surface area contributed by atoms with E-state index in [4.69, 9.17) is 9.47 Å². The molecule has 0 amide bonds. The molecule has 0 radical (unpaired) electrons. The van der Waals surface area contributed by atoms with Crippen molar-refractivity contribution < 1.29 is 19.4 Å². The first-order chi connectivity index (χ1) is 13.6. The van der Waals surface area contributed by atoms with Crippen LogP contribution in [-0.2, 0) is 24.5 Å². The first-order valence-electron chi connectivity index (χ1n) is 8.90. The smallest absolute Gasteiger partial charge is 0.339 e. The molecule has 0 aliphatic carbocycles. The number of pyridine rings is 1. The molecule has 1 aromatic heterocycles. The largest absolute Gasteiger partial charge is 0.482 e. The van der Waals surface area contributed by atoms with Crippen LogP contribution in [0.15, 0.2) is 77.7 Å². The van der Waals surface area contributed by atoms with Gasteiger partial charge in [0.05, 0.1) is 13.2 Å². The lowest BCUT2D eigenvalue weighted by Crippen LogP contribution is -2.25. The molecule has 0 bridgehead atoms. The van der Waals surface area contributed by atoms with Gasteiger partial charge in [-0.2, -0.15) is 0 Å². The van der Waals surface area contributed by atoms with Crippen LogP contribution in [0.3, 0.4) is 0 Å². The molecule has 144 valence electrons. The lowest BCUT2D eigenvalue weighted by molar-refractivity contribution is 0.0690. The average molecular weight is 379 g/mol. The topological polar surface area (TPSA) is 77.8 Å². The van der Waals surface area contributed by atoms with Crippen LogP contribution in [0.25, 0.3) is 0 Å². The molecule has 0 aliphatic heterocycles. The normalized spacial score (nSPS) is 10.6. The predicted octanol–water partition coefficient (Wildman–Crippen LogP) is 3.34.